The van der Waals surface area contributed by atoms with Crippen molar-refractivity contribution in [3.05, 3.63) is 30.3 Å². The first-order valence-electron chi connectivity index (χ1n) is 5.40. The Labute approximate surface area is 96.8 Å². The molecule has 82 valence electrons. The molecular weight excluding hydrogens is 223 g/mol. The molecule has 1 heterocycles. The highest BCUT2D eigenvalue weighted by molar-refractivity contribution is 8.18. The molecule has 2 atom stereocenters. The lowest BCUT2D eigenvalue weighted by Gasteiger charge is -2.24. The number of hydrogen-bond donors (Lipinski definition) is 0. The summed E-state index contributed by atoms with van der Waals surface area (Å²) >= 11 is 5.95. The first-order valence-corrected chi connectivity index (χ1v) is 8.46. The number of rotatable bonds is 3. The monoisotopic (exact) mass is 240 g/mol. The van der Waals surface area contributed by atoms with Crippen molar-refractivity contribution in [1.82, 2.24) is 0 Å². The summed E-state index contributed by atoms with van der Waals surface area (Å²) in [5.74, 6) is 0. The Morgan fingerprint density at radius 3 is 2.80 bits per heavy atom. The minimum Gasteiger partial charge on any atom is -0.384 e. The van der Waals surface area contributed by atoms with Crippen LogP contribution in [0.15, 0.2) is 30.3 Å². The number of benzene rings is 1. The molecule has 0 aromatic heterocycles. The molecule has 1 aromatic rings. The van der Waals surface area contributed by atoms with E-state index >= 15 is 0 Å². The lowest BCUT2D eigenvalue weighted by molar-refractivity contribution is 0.197. The smallest absolute Gasteiger partial charge is 0.0540 e. The van der Waals surface area contributed by atoms with Crippen LogP contribution < -0.4 is 5.30 Å². The van der Waals surface area contributed by atoms with Gasteiger partial charge >= 0.3 is 0 Å². The fourth-order valence-corrected chi connectivity index (χ4v) is 6.98. The van der Waals surface area contributed by atoms with E-state index in [0.29, 0.717) is 5.66 Å². The third kappa shape index (κ3) is 2.18. The summed E-state index contributed by atoms with van der Waals surface area (Å²) < 4.78 is 5.30. The molecule has 0 unspecified atom stereocenters. The SMILES string of the molecule is COC[C@H]1CCC[P@@]1(=S)c1ccccc1. The molecule has 1 aliphatic heterocycles. The van der Waals surface area contributed by atoms with Gasteiger partial charge in [-0.05, 0) is 30.3 Å². The van der Waals surface area contributed by atoms with Crippen LogP contribution >= 0.6 is 6.04 Å². The van der Waals surface area contributed by atoms with Gasteiger partial charge in [-0.1, -0.05) is 42.1 Å². The summed E-state index contributed by atoms with van der Waals surface area (Å²) in [6.45, 7) is 0.839. The van der Waals surface area contributed by atoms with Gasteiger partial charge in [0.2, 0.25) is 0 Å². The Kier molecular flexibility index (Phi) is 3.60. The quantitative estimate of drug-likeness (QED) is 0.751. The molecule has 1 fully saturated rings. The van der Waals surface area contributed by atoms with Crippen molar-refractivity contribution in [3.63, 3.8) is 0 Å². The van der Waals surface area contributed by atoms with E-state index in [9.17, 15) is 0 Å². The van der Waals surface area contributed by atoms with Crippen molar-refractivity contribution >= 4 is 23.1 Å². The molecule has 1 nitrogen and oxygen atoms in total. The zero-order chi connectivity index (χ0) is 10.7. The first-order chi connectivity index (χ1) is 7.27. The van der Waals surface area contributed by atoms with E-state index in [-0.39, 0.29) is 0 Å². The van der Waals surface area contributed by atoms with E-state index in [4.69, 9.17) is 16.5 Å². The molecule has 0 aliphatic carbocycles. The molecule has 1 aromatic carbocycles. The van der Waals surface area contributed by atoms with Gasteiger partial charge in [-0.25, -0.2) is 0 Å². The zero-order valence-electron chi connectivity index (χ0n) is 9.06. The average molecular weight is 240 g/mol. The predicted octanol–water partition coefficient (Wildman–Crippen LogP) is 2.60. The normalized spacial score (nSPS) is 30.6. The van der Waals surface area contributed by atoms with Crippen LogP contribution in [0.1, 0.15) is 12.8 Å². The molecule has 1 saturated heterocycles. The minimum atomic E-state index is -1.34. The lowest BCUT2D eigenvalue weighted by Crippen LogP contribution is -2.18. The highest BCUT2D eigenvalue weighted by Gasteiger charge is 2.34. The minimum absolute atomic E-state index is 0.611. The average Bonchev–Trinajstić information content (AvgIpc) is 2.64. The van der Waals surface area contributed by atoms with Gasteiger partial charge in [-0.2, -0.15) is 0 Å². The van der Waals surface area contributed by atoms with Gasteiger partial charge in [0.25, 0.3) is 0 Å². The van der Waals surface area contributed by atoms with E-state index in [1.54, 1.807) is 7.11 Å². The summed E-state index contributed by atoms with van der Waals surface area (Å²) in [5, 5.41) is 1.40. The standard InChI is InChI=1S/C12H17OPS/c1-13-10-12-8-5-9-14(12,15)11-6-3-2-4-7-11/h2-4,6-7,12H,5,8-10H2,1H3/t12-,14-/m1/s1. The molecular formula is C12H17OPS. The van der Waals surface area contributed by atoms with Gasteiger partial charge in [0.1, 0.15) is 0 Å². The van der Waals surface area contributed by atoms with Crippen LogP contribution in [0.25, 0.3) is 0 Å². The van der Waals surface area contributed by atoms with E-state index in [1.807, 2.05) is 0 Å². The summed E-state index contributed by atoms with van der Waals surface area (Å²) in [6, 6.07) is 9.33. The highest BCUT2D eigenvalue weighted by Crippen LogP contribution is 2.57. The molecule has 3 heteroatoms. The van der Waals surface area contributed by atoms with Gasteiger partial charge in [-0.3, -0.25) is 0 Å². The Balaban J connectivity index is 2.29. The van der Waals surface area contributed by atoms with Crippen LogP contribution in [-0.2, 0) is 16.5 Å². The second kappa shape index (κ2) is 4.78. The summed E-state index contributed by atoms with van der Waals surface area (Å²) in [4.78, 5) is 0. The summed E-state index contributed by atoms with van der Waals surface area (Å²) in [5.41, 5.74) is 0.611. The first kappa shape index (κ1) is 11.3. The van der Waals surface area contributed by atoms with E-state index < -0.39 is 6.04 Å². The molecule has 0 radical (unpaired) electrons. The molecule has 1 aliphatic rings. The van der Waals surface area contributed by atoms with Gasteiger partial charge in [-0.15, -0.1) is 0 Å². The lowest BCUT2D eigenvalue weighted by atomic mass is 10.3. The second-order valence-corrected chi connectivity index (χ2v) is 9.35. The van der Waals surface area contributed by atoms with Crippen molar-refractivity contribution < 1.29 is 4.74 Å². The summed E-state index contributed by atoms with van der Waals surface area (Å²) in [6.07, 6.45) is 3.75. The number of hydrogen-bond acceptors (Lipinski definition) is 2. The Morgan fingerprint density at radius 2 is 2.13 bits per heavy atom. The van der Waals surface area contributed by atoms with Crippen LogP contribution in [0.4, 0.5) is 0 Å². The van der Waals surface area contributed by atoms with Gasteiger partial charge in [0.05, 0.1) is 6.61 Å². The highest BCUT2D eigenvalue weighted by atomic mass is 32.4. The maximum absolute atomic E-state index is 5.95. The van der Waals surface area contributed by atoms with Crippen molar-refractivity contribution in [2.45, 2.75) is 18.5 Å². The van der Waals surface area contributed by atoms with Crippen LogP contribution in [0.3, 0.4) is 0 Å². The molecule has 0 bridgehead atoms. The van der Waals surface area contributed by atoms with Crippen molar-refractivity contribution in [3.8, 4) is 0 Å². The largest absolute Gasteiger partial charge is 0.384 e. The molecule has 15 heavy (non-hydrogen) atoms. The Hall–Kier alpha value is -0.170. The number of methoxy groups -OCH3 is 1. The molecule has 0 amide bonds. The fraction of sp³-hybridized carbons (Fsp3) is 0.500. The van der Waals surface area contributed by atoms with Crippen molar-refractivity contribution in [2.24, 2.45) is 0 Å². The fourth-order valence-electron chi connectivity index (χ4n) is 2.37. The molecule has 0 saturated carbocycles. The molecule has 0 N–H and O–H groups in total. The van der Waals surface area contributed by atoms with E-state index in [1.165, 1.54) is 24.3 Å². The molecule has 2 rings (SSSR count). The van der Waals surface area contributed by atoms with Gasteiger partial charge in [0, 0.05) is 12.8 Å². The third-order valence-corrected chi connectivity index (χ3v) is 8.98. The van der Waals surface area contributed by atoms with Crippen molar-refractivity contribution in [2.75, 3.05) is 19.9 Å². The zero-order valence-corrected chi connectivity index (χ0v) is 10.8. The Morgan fingerprint density at radius 1 is 1.40 bits per heavy atom. The summed E-state index contributed by atoms with van der Waals surface area (Å²) in [7, 11) is 1.78. The Bertz CT molecular complexity index is 363. The third-order valence-electron chi connectivity index (χ3n) is 3.17. The second-order valence-electron chi connectivity index (χ2n) is 4.11. The van der Waals surface area contributed by atoms with Gasteiger partial charge < -0.3 is 4.74 Å². The molecule has 0 spiro atoms. The number of ether oxygens (including phenoxy) is 1. The van der Waals surface area contributed by atoms with E-state index in [0.717, 1.165) is 6.61 Å². The maximum Gasteiger partial charge on any atom is 0.0540 e. The van der Waals surface area contributed by atoms with Crippen LogP contribution in [0.2, 0.25) is 0 Å². The predicted molar refractivity (Wildman–Crippen MR) is 70.1 cm³/mol. The van der Waals surface area contributed by atoms with Crippen molar-refractivity contribution in [1.29, 1.82) is 0 Å². The van der Waals surface area contributed by atoms with E-state index in [2.05, 4.69) is 30.3 Å². The van der Waals surface area contributed by atoms with Gasteiger partial charge in [0.15, 0.2) is 0 Å². The van der Waals surface area contributed by atoms with Crippen LogP contribution in [-0.4, -0.2) is 25.5 Å². The van der Waals surface area contributed by atoms with Crippen LogP contribution in [0.5, 0.6) is 0 Å². The maximum atomic E-state index is 5.95. The topological polar surface area (TPSA) is 9.23 Å². The van der Waals surface area contributed by atoms with Crippen LogP contribution in [0, 0.1) is 0 Å².